The number of hydrogen-bond acceptors (Lipinski definition) is 3. The molecule has 1 aromatic rings. The molecule has 3 fully saturated rings. The molecule has 3 aliphatic rings. The number of rotatable bonds is 4. The minimum Gasteiger partial charge on any atom is -0.394 e. The molecule has 0 unspecified atom stereocenters. The molecule has 29 heavy (non-hydrogen) atoms. The van der Waals surface area contributed by atoms with Crippen LogP contribution in [0.1, 0.15) is 57.4 Å². The Morgan fingerprint density at radius 1 is 1.14 bits per heavy atom. The third kappa shape index (κ3) is 3.41. The summed E-state index contributed by atoms with van der Waals surface area (Å²) in [5.41, 5.74) is 0.751. The van der Waals surface area contributed by atoms with Crippen molar-refractivity contribution in [2.45, 2.75) is 69.5 Å². The van der Waals surface area contributed by atoms with E-state index in [0.29, 0.717) is 13.1 Å². The van der Waals surface area contributed by atoms with E-state index in [-0.39, 0.29) is 42.5 Å². The third-order valence-electron chi connectivity index (χ3n) is 6.94. The second-order valence-corrected chi connectivity index (χ2v) is 9.25. The van der Waals surface area contributed by atoms with Crippen LogP contribution in [0.25, 0.3) is 0 Å². The first-order valence-corrected chi connectivity index (χ1v) is 11.0. The van der Waals surface area contributed by atoms with Crippen LogP contribution < -0.4 is 5.32 Å². The predicted molar refractivity (Wildman–Crippen MR) is 111 cm³/mol. The number of carbonyl (C=O) groups is 2. The smallest absolute Gasteiger partial charge is 0.317 e. The highest BCUT2D eigenvalue weighted by molar-refractivity contribution is 5.84. The Balaban J connectivity index is 1.59. The van der Waals surface area contributed by atoms with E-state index in [0.717, 1.165) is 31.2 Å². The fourth-order valence-corrected chi connectivity index (χ4v) is 5.66. The molecule has 2 atom stereocenters. The summed E-state index contributed by atoms with van der Waals surface area (Å²) in [7, 11) is 0. The van der Waals surface area contributed by atoms with Gasteiger partial charge in [0, 0.05) is 31.0 Å². The van der Waals surface area contributed by atoms with Gasteiger partial charge in [-0.1, -0.05) is 49.6 Å². The Hall–Kier alpha value is -2.08. The monoisotopic (exact) mass is 399 g/mol. The Bertz CT molecular complexity index is 739. The SMILES string of the molecule is CC(C)NC(=O)N1CC2(C1)[C@H](c1ccccc1)[C@H](CO)N2C(=O)C1CCCCC1. The van der Waals surface area contributed by atoms with Crippen molar-refractivity contribution in [3.05, 3.63) is 35.9 Å². The highest BCUT2D eigenvalue weighted by Gasteiger charge is 2.68. The summed E-state index contributed by atoms with van der Waals surface area (Å²) < 4.78 is 0. The normalized spacial score (nSPS) is 26.2. The lowest BCUT2D eigenvalue weighted by molar-refractivity contribution is -0.197. The molecule has 0 bridgehead atoms. The molecule has 2 N–H and O–H groups in total. The van der Waals surface area contributed by atoms with Crippen LogP contribution in [0, 0.1) is 5.92 Å². The van der Waals surface area contributed by atoms with Gasteiger partial charge < -0.3 is 20.2 Å². The standard InChI is InChI=1S/C23H33N3O3/c1-16(2)24-22(29)25-14-23(15-25)20(17-9-5-3-6-10-17)19(13-27)26(23)21(28)18-11-7-4-8-12-18/h3,5-6,9-10,16,18-20,27H,4,7-8,11-15H2,1-2H3,(H,24,29)/t19-,20+/m0/s1. The molecule has 2 heterocycles. The van der Waals surface area contributed by atoms with Gasteiger partial charge in [0.05, 0.1) is 18.2 Å². The molecule has 1 spiro atoms. The Labute approximate surface area is 173 Å². The second-order valence-electron chi connectivity index (χ2n) is 9.25. The van der Waals surface area contributed by atoms with Crippen LogP contribution in [-0.2, 0) is 4.79 Å². The second kappa shape index (κ2) is 7.98. The van der Waals surface area contributed by atoms with Gasteiger partial charge in [-0.2, -0.15) is 0 Å². The van der Waals surface area contributed by atoms with E-state index in [1.807, 2.05) is 36.9 Å². The molecule has 1 saturated carbocycles. The zero-order valence-corrected chi connectivity index (χ0v) is 17.5. The first kappa shape index (κ1) is 20.2. The van der Waals surface area contributed by atoms with Crippen LogP contribution in [0.4, 0.5) is 4.79 Å². The van der Waals surface area contributed by atoms with Crippen molar-refractivity contribution in [3.8, 4) is 0 Å². The van der Waals surface area contributed by atoms with Gasteiger partial charge >= 0.3 is 6.03 Å². The molecule has 158 valence electrons. The number of carbonyl (C=O) groups excluding carboxylic acids is 2. The van der Waals surface area contributed by atoms with Crippen LogP contribution in [-0.4, -0.2) is 64.2 Å². The minimum absolute atomic E-state index is 0.0437. The lowest BCUT2D eigenvalue weighted by atomic mass is 9.60. The maximum Gasteiger partial charge on any atom is 0.317 e. The number of aliphatic hydroxyl groups excluding tert-OH is 1. The molecule has 2 aliphatic heterocycles. The maximum atomic E-state index is 13.5. The topological polar surface area (TPSA) is 72.9 Å². The van der Waals surface area contributed by atoms with E-state index < -0.39 is 5.54 Å². The molecule has 4 rings (SSSR count). The number of likely N-dealkylation sites (tertiary alicyclic amines) is 2. The summed E-state index contributed by atoms with van der Waals surface area (Å²) in [6, 6.07) is 9.95. The molecule has 3 amide bonds. The molecule has 1 aromatic carbocycles. The highest BCUT2D eigenvalue weighted by Crippen LogP contribution is 2.54. The largest absolute Gasteiger partial charge is 0.394 e. The van der Waals surface area contributed by atoms with Crippen molar-refractivity contribution in [2.75, 3.05) is 19.7 Å². The summed E-state index contributed by atoms with van der Waals surface area (Å²) >= 11 is 0. The van der Waals surface area contributed by atoms with Gasteiger partial charge in [0.2, 0.25) is 5.91 Å². The van der Waals surface area contributed by atoms with E-state index in [9.17, 15) is 14.7 Å². The summed E-state index contributed by atoms with van der Waals surface area (Å²) in [5.74, 6) is 0.300. The number of amides is 3. The molecule has 0 radical (unpaired) electrons. The summed E-state index contributed by atoms with van der Waals surface area (Å²) in [6.07, 6.45) is 5.29. The van der Waals surface area contributed by atoms with Gasteiger partial charge in [-0.3, -0.25) is 4.79 Å². The Morgan fingerprint density at radius 3 is 2.38 bits per heavy atom. The average molecular weight is 400 g/mol. The lowest BCUT2D eigenvalue weighted by Gasteiger charge is -2.70. The molecular formula is C23H33N3O3. The van der Waals surface area contributed by atoms with Crippen molar-refractivity contribution in [1.82, 2.24) is 15.1 Å². The fourth-order valence-electron chi connectivity index (χ4n) is 5.66. The highest BCUT2D eigenvalue weighted by atomic mass is 16.3. The van der Waals surface area contributed by atoms with Gasteiger partial charge in [0.15, 0.2) is 0 Å². The number of nitrogens with zero attached hydrogens (tertiary/aromatic N) is 2. The number of nitrogens with one attached hydrogen (secondary N) is 1. The molecular weight excluding hydrogens is 366 g/mol. The summed E-state index contributed by atoms with van der Waals surface area (Å²) in [5, 5.41) is 13.1. The average Bonchev–Trinajstić information content (AvgIpc) is 2.67. The van der Waals surface area contributed by atoms with E-state index in [1.54, 1.807) is 4.90 Å². The number of hydrogen-bond donors (Lipinski definition) is 2. The van der Waals surface area contributed by atoms with Crippen LogP contribution in [0.2, 0.25) is 0 Å². The molecule has 6 nitrogen and oxygen atoms in total. The first-order chi connectivity index (χ1) is 14.0. The summed E-state index contributed by atoms with van der Waals surface area (Å²) in [6.45, 7) is 4.91. The van der Waals surface area contributed by atoms with E-state index in [1.165, 1.54) is 6.42 Å². The molecule has 0 aromatic heterocycles. The van der Waals surface area contributed by atoms with Crippen molar-refractivity contribution in [3.63, 3.8) is 0 Å². The van der Waals surface area contributed by atoms with Crippen LogP contribution in [0.3, 0.4) is 0 Å². The Kier molecular flexibility index (Phi) is 5.56. The van der Waals surface area contributed by atoms with E-state index in [2.05, 4.69) is 17.4 Å². The van der Waals surface area contributed by atoms with Gasteiger partial charge in [0.25, 0.3) is 0 Å². The third-order valence-corrected chi connectivity index (χ3v) is 6.94. The van der Waals surface area contributed by atoms with Crippen molar-refractivity contribution < 1.29 is 14.7 Å². The number of aliphatic hydroxyl groups is 1. The quantitative estimate of drug-likeness (QED) is 0.818. The van der Waals surface area contributed by atoms with Gasteiger partial charge in [-0.05, 0) is 32.3 Å². The van der Waals surface area contributed by atoms with Crippen LogP contribution in [0.5, 0.6) is 0 Å². The summed E-state index contributed by atoms with van der Waals surface area (Å²) in [4.78, 5) is 29.7. The van der Waals surface area contributed by atoms with Gasteiger partial charge in [0.1, 0.15) is 0 Å². The van der Waals surface area contributed by atoms with Crippen LogP contribution >= 0.6 is 0 Å². The minimum atomic E-state index is -0.391. The van der Waals surface area contributed by atoms with Crippen molar-refractivity contribution >= 4 is 11.9 Å². The van der Waals surface area contributed by atoms with E-state index in [4.69, 9.17) is 0 Å². The maximum absolute atomic E-state index is 13.5. The fraction of sp³-hybridized carbons (Fsp3) is 0.652. The zero-order chi connectivity index (χ0) is 20.6. The molecule has 2 saturated heterocycles. The van der Waals surface area contributed by atoms with Gasteiger partial charge in [-0.15, -0.1) is 0 Å². The zero-order valence-electron chi connectivity index (χ0n) is 17.5. The van der Waals surface area contributed by atoms with E-state index >= 15 is 0 Å². The van der Waals surface area contributed by atoms with Crippen molar-refractivity contribution in [1.29, 1.82) is 0 Å². The van der Waals surface area contributed by atoms with Gasteiger partial charge in [-0.25, -0.2) is 4.79 Å². The lowest BCUT2D eigenvalue weighted by Crippen LogP contribution is -2.86. The molecule has 6 heteroatoms. The van der Waals surface area contributed by atoms with Crippen LogP contribution in [0.15, 0.2) is 30.3 Å². The predicted octanol–water partition coefficient (Wildman–Crippen LogP) is 2.73. The number of benzene rings is 1. The van der Waals surface area contributed by atoms with Crippen molar-refractivity contribution in [2.24, 2.45) is 5.92 Å². The Morgan fingerprint density at radius 2 is 1.79 bits per heavy atom. The molecule has 1 aliphatic carbocycles. The number of urea groups is 1. The first-order valence-electron chi connectivity index (χ1n) is 11.0.